The van der Waals surface area contributed by atoms with Crippen LogP contribution in [0.5, 0.6) is 0 Å². The number of rotatable bonds is 3. The van der Waals surface area contributed by atoms with Crippen LogP contribution < -0.4 is 5.73 Å². The van der Waals surface area contributed by atoms with E-state index < -0.39 is 0 Å². The zero-order valence-corrected chi connectivity index (χ0v) is 11.4. The van der Waals surface area contributed by atoms with Crippen molar-refractivity contribution in [3.63, 3.8) is 0 Å². The number of carbonyl (C=O) groups is 1. The molecule has 0 bridgehead atoms. The summed E-state index contributed by atoms with van der Waals surface area (Å²) in [6.07, 6.45) is 0. The van der Waals surface area contributed by atoms with E-state index in [4.69, 9.17) is 5.73 Å². The molecule has 0 saturated carbocycles. The maximum absolute atomic E-state index is 12.0. The molecule has 3 nitrogen and oxygen atoms in total. The van der Waals surface area contributed by atoms with E-state index in [1.165, 1.54) is 0 Å². The molecule has 1 amide bonds. The van der Waals surface area contributed by atoms with Gasteiger partial charge in [-0.25, -0.2) is 0 Å². The molecule has 0 saturated heterocycles. The number of nitrogens with zero attached hydrogens (tertiary/aromatic N) is 1. The number of anilines is 1. The fraction of sp³-hybridized carbons (Fsp3) is 0.417. The first-order chi connectivity index (χ1) is 7.41. The molecular formula is C12H17BrN2O. The molecule has 1 rings (SSSR count). The predicted molar refractivity (Wildman–Crippen MR) is 70.4 cm³/mol. The van der Waals surface area contributed by atoms with Gasteiger partial charge in [0.1, 0.15) is 0 Å². The standard InChI is InChI=1S/C12H17BrN2O/c1-8(2)7-15(3)12(16)10-5-4-9(13)6-11(10)14/h4-6,8H,7,14H2,1-3H3. The summed E-state index contributed by atoms with van der Waals surface area (Å²) in [5.41, 5.74) is 6.88. The van der Waals surface area contributed by atoms with Crippen LogP contribution in [0.25, 0.3) is 0 Å². The number of hydrogen-bond donors (Lipinski definition) is 1. The second-order valence-electron chi connectivity index (χ2n) is 4.31. The smallest absolute Gasteiger partial charge is 0.255 e. The fourth-order valence-corrected chi connectivity index (χ4v) is 1.94. The Bertz CT molecular complexity index is 391. The van der Waals surface area contributed by atoms with Crippen LogP contribution in [-0.4, -0.2) is 24.4 Å². The van der Waals surface area contributed by atoms with Crippen molar-refractivity contribution in [1.82, 2.24) is 4.90 Å². The average molecular weight is 285 g/mol. The van der Waals surface area contributed by atoms with Gasteiger partial charge >= 0.3 is 0 Å². The highest BCUT2D eigenvalue weighted by Gasteiger charge is 2.15. The van der Waals surface area contributed by atoms with E-state index in [0.717, 1.165) is 11.0 Å². The Morgan fingerprint density at radius 2 is 2.12 bits per heavy atom. The summed E-state index contributed by atoms with van der Waals surface area (Å²) in [5.74, 6) is 0.421. The quantitative estimate of drug-likeness (QED) is 0.868. The van der Waals surface area contributed by atoms with Crippen LogP contribution in [-0.2, 0) is 0 Å². The van der Waals surface area contributed by atoms with Crippen molar-refractivity contribution >= 4 is 27.5 Å². The molecule has 0 aromatic heterocycles. The largest absolute Gasteiger partial charge is 0.398 e. The van der Waals surface area contributed by atoms with Gasteiger partial charge in [0.05, 0.1) is 5.56 Å². The lowest BCUT2D eigenvalue weighted by Crippen LogP contribution is -2.30. The predicted octanol–water partition coefficient (Wildman–Crippen LogP) is 2.76. The minimum Gasteiger partial charge on any atom is -0.398 e. The van der Waals surface area contributed by atoms with Crippen LogP contribution >= 0.6 is 15.9 Å². The first kappa shape index (κ1) is 13.0. The number of carbonyl (C=O) groups excluding carboxylic acids is 1. The van der Waals surface area contributed by atoms with Crippen LogP contribution in [0.1, 0.15) is 24.2 Å². The maximum Gasteiger partial charge on any atom is 0.255 e. The first-order valence-corrected chi connectivity index (χ1v) is 6.01. The second kappa shape index (κ2) is 5.34. The molecule has 0 aliphatic heterocycles. The van der Waals surface area contributed by atoms with Crippen molar-refractivity contribution in [3.05, 3.63) is 28.2 Å². The van der Waals surface area contributed by atoms with Crippen LogP contribution in [0.15, 0.2) is 22.7 Å². The van der Waals surface area contributed by atoms with E-state index in [1.807, 2.05) is 6.07 Å². The van der Waals surface area contributed by atoms with Crippen LogP contribution in [0, 0.1) is 5.92 Å². The molecule has 0 heterocycles. The Hall–Kier alpha value is -1.03. The van der Waals surface area contributed by atoms with Gasteiger partial charge in [-0.1, -0.05) is 29.8 Å². The van der Waals surface area contributed by atoms with Crippen molar-refractivity contribution in [2.45, 2.75) is 13.8 Å². The molecule has 1 aromatic carbocycles. The molecule has 0 fully saturated rings. The highest BCUT2D eigenvalue weighted by molar-refractivity contribution is 9.10. The highest BCUT2D eigenvalue weighted by atomic mass is 79.9. The third kappa shape index (κ3) is 3.23. The van der Waals surface area contributed by atoms with Gasteiger partial charge in [-0.2, -0.15) is 0 Å². The summed E-state index contributed by atoms with van der Waals surface area (Å²) in [6.45, 7) is 4.89. The lowest BCUT2D eigenvalue weighted by Gasteiger charge is -2.20. The normalized spacial score (nSPS) is 10.6. The Morgan fingerprint density at radius 3 is 2.62 bits per heavy atom. The summed E-state index contributed by atoms with van der Waals surface area (Å²) >= 11 is 3.32. The van der Waals surface area contributed by atoms with Crippen LogP contribution in [0.2, 0.25) is 0 Å². The van der Waals surface area contributed by atoms with Crippen molar-refractivity contribution in [3.8, 4) is 0 Å². The monoisotopic (exact) mass is 284 g/mol. The molecule has 1 aromatic rings. The Balaban J connectivity index is 2.88. The Kier molecular flexibility index (Phi) is 4.35. The molecule has 88 valence electrons. The summed E-state index contributed by atoms with van der Waals surface area (Å²) in [7, 11) is 1.80. The number of amides is 1. The van der Waals surface area contributed by atoms with E-state index in [0.29, 0.717) is 17.2 Å². The minimum absolute atomic E-state index is 0.0290. The molecule has 0 aliphatic carbocycles. The van der Waals surface area contributed by atoms with E-state index in [9.17, 15) is 4.79 Å². The van der Waals surface area contributed by atoms with Gasteiger partial charge in [-0.15, -0.1) is 0 Å². The number of halogens is 1. The van der Waals surface area contributed by atoms with Gasteiger partial charge in [-0.3, -0.25) is 4.79 Å². The lowest BCUT2D eigenvalue weighted by molar-refractivity contribution is 0.0780. The zero-order chi connectivity index (χ0) is 12.3. The maximum atomic E-state index is 12.0. The second-order valence-corrected chi connectivity index (χ2v) is 5.23. The number of hydrogen-bond acceptors (Lipinski definition) is 2. The van der Waals surface area contributed by atoms with Gasteiger partial charge in [0.15, 0.2) is 0 Å². The summed E-state index contributed by atoms with van der Waals surface area (Å²) in [6, 6.07) is 5.32. The number of nitrogen functional groups attached to an aromatic ring is 1. The number of nitrogens with two attached hydrogens (primary N) is 1. The molecular weight excluding hydrogens is 268 g/mol. The van der Waals surface area contributed by atoms with Crippen LogP contribution in [0.4, 0.5) is 5.69 Å². The van der Waals surface area contributed by atoms with Crippen molar-refractivity contribution in [2.24, 2.45) is 5.92 Å². The third-order valence-electron chi connectivity index (χ3n) is 2.23. The van der Waals surface area contributed by atoms with Gasteiger partial charge < -0.3 is 10.6 Å². The molecule has 0 radical (unpaired) electrons. The molecule has 0 spiro atoms. The molecule has 0 atom stereocenters. The third-order valence-corrected chi connectivity index (χ3v) is 2.72. The van der Waals surface area contributed by atoms with Crippen molar-refractivity contribution in [1.29, 1.82) is 0 Å². The Morgan fingerprint density at radius 1 is 1.50 bits per heavy atom. The Labute approximate surface area is 105 Å². The van der Waals surface area contributed by atoms with Crippen molar-refractivity contribution < 1.29 is 4.79 Å². The van der Waals surface area contributed by atoms with Gasteiger partial charge in [0.2, 0.25) is 0 Å². The van der Waals surface area contributed by atoms with E-state index in [-0.39, 0.29) is 5.91 Å². The van der Waals surface area contributed by atoms with Gasteiger partial charge in [-0.05, 0) is 24.1 Å². The average Bonchev–Trinajstić information content (AvgIpc) is 2.15. The first-order valence-electron chi connectivity index (χ1n) is 5.22. The lowest BCUT2D eigenvalue weighted by atomic mass is 10.1. The topological polar surface area (TPSA) is 46.3 Å². The van der Waals surface area contributed by atoms with E-state index in [2.05, 4.69) is 29.8 Å². The minimum atomic E-state index is -0.0290. The van der Waals surface area contributed by atoms with Crippen molar-refractivity contribution in [2.75, 3.05) is 19.3 Å². The molecule has 2 N–H and O–H groups in total. The molecule has 4 heteroatoms. The van der Waals surface area contributed by atoms with Crippen LogP contribution in [0.3, 0.4) is 0 Å². The summed E-state index contributed by atoms with van der Waals surface area (Å²) in [4.78, 5) is 13.7. The summed E-state index contributed by atoms with van der Waals surface area (Å²) in [5, 5.41) is 0. The van der Waals surface area contributed by atoms with E-state index >= 15 is 0 Å². The SMILES string of the molecule is CC(C)CN(C)C(=O)c1ccc(Br)cc1N. The van der Waals surface area contributed by atoms with E-state index in [1.54, 1.807) is 24.1 Å². The molecule has 0 aliphatic rings. The molecule has 0 unspecified atom stereocenters. The van der Waals surface area contributed by atoms with Gasteiger partial charge in [0, 0.05) is 23.8 Å². The molecule has 16 heavy (non-hydrogen) atoms. The number of benzene rings is 1. The highest BCUT2D eigenvalue weighted by Crippen LogP contribution is 2.19. The fourth-order valence-electron chi connectivity index (χ4n) is 1.56. The van der Waals surface area contributed by atoms with Gasteiger partial charge in [0.25, 0.3) is 5.91 Å². The summed E-state index contributed by atoms with van der Waals surface area (Å²) < 4.78 is 0.882. The zero-order valence-electron chi connectivity index (χ0n) is 9.83.